The third-order valence-electron chi connectivity index (χ3n) is 4.47. The van der Waals surface area contributed by atoms with Crippen LogP contribution in [-0.2, 0) is 11.2 Å². The highest BCUT2D eigenvalue weighted by molar-refractivity contribution is 5.98. The number of nitrogens with one attached hydrogen (secondary N) is 2. The molecule has 0 radical (unpaired) electrons. The Morgan fingerprint density at radius 1 is 0.966 bits per heavy atom. The van der Waals surface area contributed by atoms with Crippen molar-refractivity contribution < 1.29 is 14.3 Å². The van der Waals surface area contributed by atoms with E-state index < -0.39 is 18.0 Å². The van der Waals surface area contributed by atoms with Crippen LogP contribution in [0, 0.1) is 0 Å². The first-order valence-electron chi connectivity index (χ1n) is 9.19. The van der Waals surface area contributed by atoms with Crippen LogP contribution in [0.3, 0.4) is 0 Å². The quantitative estimate of drug-likeness (QED) is 0.575. The molecule has 0 aliphatic heterocycles. The Morgan fingerprint density at radius 2 is 1.62 bits per heavy atom. The number of amides is 3. The fourth-order valence-electron chi connectivity index (χ4n) is 3.13. The van der Waals surface area contributed by atoms with E-state index in [1.165, 1.54) is 0 Å². The number of urea groups is 1. The number of carbonyl (C=O) groups excluding carboxylic acids is 2. The van der Waals surface area contributed by atoms with E-state index in [-0.39, 0.29) is 0 Å². The topological polar surface area (TPSA) is 93.4 Å². The first-order valence-corrected chi connectivity index (χ1v) is 9.19. The Morgan fingerprint density at radius 3 is 2.24 bits per heavy atom. The number of benzene rings is 3. The summed E-state index contributed by atoms with van der Waals surface area (Å²) < 4.78 is 5.49. The van der Waals surface area contributed by atoms with Crippen LogP contribution in [0.15, 0.2) is 78.9 Å². The van der Waals surface area contributed by atoms with Gasteiger partial charge in [-0.2, -0.15) is 0 Å². The molecule has 148 valence electrons. The molecule has 6 heteroatoms. The molecule has 0 unspecified atom stereocenters. The van der Waals surface area contributed by atoms with Crippen molar-refractivity contribution in [1.29, 1.82) is 0 Å². The molecule has 0 spiro atoms. The van der Waals surface area contributed by atoms with E-state index in [0.717, 1.165) is 22.6 Å². The minimum Gasteiger partial charge on any atom is -0.496 e. The van der Waals surface area contributed by atoms with Crippen molar-refractivity contribution in [3.63, 3.8) is 0 Å². The summed E-state index contributed by atoms with van der Waals surface area (Å²) >= 11 is 0. The Kier molecular flexibility index (Phi) is 6.47. The lowest BCUT2D eigenvalue weighted by Crippen LogP contribution is -2.40. The average Bonchev–Trinajstić information content (AvgIpc) is 2.73. The van der Waals surface area contributed by atoms with Crippen molar-refractivity contribution in [2.75, 3.05) is 12.4 Å². The van der Waals surface area contributed by atoms with E-state index in [0.29, 0.717) is 12.0 Å². The van der Waals surface area contributed by atoms with Crippen molar-refractivity contribution in [3.05, 3.63) is 95.6 Å². The van der Waals surface area contributed by atoms with E-state index in [1.54, 1.807) is 7.11 Å². The number of anilines is 1. The van der Waals surface area contributed by atoms with Crippen LogP contribution in [0.25, 0.3) is 0 Å². The number of hydrogen-bond acceptors (Lipinski definition) is 4. The molecule has 0 aliphatic carbocycles. The van der Waals surface area contributed by atoms with Gasteiger partial charge in [-0.05, 0) is 29.3 Å². The summed E-state index contributed by atoms with van der Waals surface area (Å²) in [6.45, 7) is 0. The standard InChI is InChI=1S/C23H23N3O3/c1-29-20-13-12-19(15-18(20)14-16-8-4-2-5-9-16)25-21(22(27)26-23(24)28)17-10-6-3-7-11-17/h2-13,15,21,25H,14H2,1H3,(H3,24,26,27,28)/t21-/m1/s1. The highest BCUT2D eigenvalue weighted by Crippen LogP contribution is 2.28. The normalized spacial score (nSPS) is 11.3. The highest BCUT2D eigenvalue weighted by Gasteiger charge is 2.22. The fraction of sp³-hybridized carbons (Fsp3) is 0.130. The number of rotatable bonds is 7. The number of hydrogen-bond donors (Lipinski definition) is 3. The van der Waals surface area contributed by atoms with E-state index >= 15 is 0 Å². The summed E-state index contributed by atoms with van der Waals surface area (Å²) in [7, 11) is 1.63. The van der Waals surface area contributed by atoms with Crippen LogP contribution in [0.2, 0.25) is 0 Å². The van der Waals surface area contributed by atoms with Gasteiger partial charge in [0.15, 0.2) is 0 Å². The molecule has 6 nitrogen and oxygen atoms in total. The molecular formula is C23H23N3O3. The molecule has 3 rings (SSSR count). The average molecular weight is 389 g/mol. The summed E-state index contributed by atoms with van der Waals surface area (Å²) in [5.41, 5.74) is 8.70. The van der Waals surface area contributed by atoms with E-state index in [9.17, 15) is 9.59 Å². The van der Waals surface area contributed by atoms with Gasteiger partial charge < -0.3 is 15.8 Å². The Hall–Kier alpha value is -3.80. The summed E-state index contributed by atoms with van der Waals surface area (Å²) in [6.07, 6.45) is 0.684. The molecule has 3 amide bonds. The van der Waals surface area contributed by atoms with Gasteiger partial charge in [-0.25, -0.2) is 4.79 Å². The predicted molar refractivity (Wildman–Crippen MR) is 113 cm³/mol. The molecule has 1 atom stereocenters. The highest BCUT2D eigenvalue weighted by atomic mass is 16.5. The Bertz CT molecular complexity index is 975. The third-order valence-corrected chi connectivity index (χ3v) is 4.47. The minimum absolute atomic E-state index is 0.524. The van der Waals surface area contributed by atoms with Gasteiger partial charge in [-0.1, -0.05) is 60.7 Å². The maximum Gasteiger partial charge on any atom is 0.318 e. The van der Waals surface area contributed by atoms with Crippen molar-refractivity contribution in [1.82, 2.24) is 5.32 Å². The van der Waals surface area contributed by atoms with Crippen LogP contribution in [0.4, 0.5) is 10.5 Å². The lowest BCUT2D eigenvalue weighted by atomic mass is 10.0. The lowest BCUT2D eigenvalue weighted by Gasteiger charge is -2.20. The minimum atomic E-state index is -0.891. The zero-order chi connectivity index (χ0) is 20.6. The van der Waals surface area contributed by atoms with Gasteiger partial charge in [-0.15, -0.1) is 0 Å². The largest absolute Gasteiger partial charge is 0.496 e. The van der Waals surface area contributed by atoms with Crippen LogP contribution in [0.5, 0.6) is 5.75 Å². The second-order valence-electron chi connectivity index (χ2n) is 6.53. The number of methoxy groups -OCH3 is 1. The SMILES string of the molecule is COc1ccc(N[C@@H](C(=O)NC(N)=O)c2ccccc2)cc1Cc1ccccc1. The van der Waals surface area contributed by atoms with E-state index in [1.807, 2.05) is 78.9 Å². The van der Waals surface area contributed by atoms with Crippen LogP contribution < -0.4 is 21.1 Å². The van der Waals surface area contributed by atoms with Gasteiger partial charge in [-0.3, -0.25) is 10.1 Å². The van der Waals surface area contributed by atoms with Crippen LogP contribution in [0.1, 0.15) is 22.7 Å². The van der Waals surface area contributed by atoms with Crippen molar-refractivity contribution in [2.45, 2.75) is 12.5 Å². The molecule has 0 fully saturated rings. The Labute approximate surface area is 169 Å². The molecule has 0 heterocycles. The first kappa shape index (κ1) is 19.9. The summed E-state index contributed by atoms with van der Waals surface area (Å²) in [5, 5.41) is 5.35. The molecule has 0 aliphatic rings. The maximum absolute atomic E-state index is 12.6. The molecular weight excluding hydrogens is 366 g/mol. The molecule has 4 N–H and O–H groups in total. The molecule has 3 aromatic carbocycles. The number of nitrogens with two attached hydrogens (primary N) is 1. The molecule has 0 saturated heterocycles. The summed E-state index contributed by atoms with van der Waals surface area (Å²) in [5.74, 6) is 0.237. The molecule has 3 aromatic rings. The van der Waals surface area contributed by atoms with Gasteiger partial charge in [0.05, 0.1) is 7.11 Å². The number of ether oxygens (including phenoxy) is 1. The van der Waals surface area contributed by atoms with E-state index in [2.05, 4.69) is 10.6 Å². The molecule has 0 bridgehead atoms. The van der Waals surface area contributed by atoms with Gasteiger partial charge >= 0.3 is 6.03 Å². The predicted octanol–water partition coefficient (Wildman–Crippen LogP) is 3.63. The maximum atomic E-state index is 12.6. The summed E-state index contributed by atoms with van der Waals surface area (Å²) in [6, 6.07) is 23.2. The fourth-order valence-corrected chi connectivity index (χ4v) is 3.13. The van der Waals surface area contributed by atoms with Crippen molar-refractivity contribution in [3.8, 4) is 5.75 Å². The van der Waals surface area contributed by atoms with Gasteiger partial charge in [0.25, 0.3) is 5.91 Å². The lowest BCUT2D eigenvalue weighted by molar-refractivity contribution is -0.120. The van der Waals surface area contributed by atoms with Crippen LogP contribution >= 0.6 is 0 Å². The molecule has 0 aromatic heterocycles. The third kappa shape index (κ3) is 5.35. The zero-order valence-corrected chi connectivity index (χ0v) is 16.1. The van der Waals surface area contributed by atoms with Gasteiger partial charge in [0.2, 0.25) is 0 Å². The van der Waals surface area contributed by atoms with Gasteiger partial charge in [0.1, 0.15) is 11.8 Å². The van der Waals surface area contributed by atoms with Crippen molar-refractivity contribution >= 4 is 17.6 Å². The van der Waals surface area contributed by atoms with Crippen LogP contribution in [-0.4, -0.2) is 19.0 Å². The number of carbonyl (C=O) groups is 2. The van der Waals surface area contributed by atoms with Crippen molar-refractivity contribution in [2.24, 2.45) is 5.73 Å². The molecule has 0 saturated carbocycles. The second-order valence-corrected chi connectivity index (χ2v) is 6.53. The monoisotopic (exact) mass is 389 g/mol. The Balaban J connectivity index is 1.90. The second kappa shape index (κ2) is 9.41. The van der Waals surface area contributed by atoms with E-state index in [4.69, 9.17) is 10.5 Å². The summed E-state index contributed by atoms with van der Waals surface area (Å²) in [4.78, 5) is 23.7. The number of imide groups is 1. The zero-order valence-electron chi connectivity index (χ0n) is 16.1. The van der Waals surface area contributed by atoms with Gasteiger partial charge in [0, 0.05) is 17.7 Å². The molecule has 29 heavy (non-hydrogen) atoms. The number of primary amides is 1. The first-order chi connectivity index (χ1) is 14.1. The smallest absolute Gasteiger partial charge is 0.318 e.